The summed E-state index contributed by atoms with van der Waals surface area (Å²) in [7, 11) is 1.05. The number of aryl methyl sites for hydroxylation is 1. The van der Waals surface area contributed by atoms with E-state index < -0.39 is 44.2 Å². The van der Waals surface area contributed by atoms with Crippen LogP contribution in [0.25, 0.3) is 0 Å². The van der Waals surface area contributed by atoms with E-state index in [0.717, 1.165) is 16.7 Å². The summed E-state index contributed by atoms with van der Waals surface area (Å²) in [6.45, 7) is 1.92. The van der Waals surface area contributed by atoms with Gasteiger partial charge >= 0.3 is 5.69 Å². The van der Waals surface area contributed by atoms with Crippen molar-refractivity contribution in [3.8, 4) is 17.6 Å². The largest absolute Gasteiger partial charge is 0.497 e. The molecule has 0 saturated carbocycles. The zero-order valence-electron chi connectivity index (χ0n) is 30.6. The molecule has 1 aromatic heterocycles. The molecule has 0 aliphatic carbocycles. The summed E-state index contributed by atoms with van der Waals surface area (Å²) in [6.07, 6.45) is -0.475. The maximum absolute atomic E-state index is 13.5. The number of nitrogens with one attached hydrogen (secondary N) is 2. The van der Waals surface area contributed by atoms with Crippen LogP contribution in [0, 0.1) is 18.3 Å². The maximum Gasteiger partial charge on any atom is 0.351 e. The molecule has 3 N–H and O–H groups in total. The summed E-state index contributed by atoms with van der Waals surface area (Å²) in [5, 5.41) is 14.6. The highest BCUT2D eigenvalue weighted by molar-refractivity contribution is 7.43. The molecule has 1 unspecified atom stereocenters. The van der Waals surface area contributed by atoms with Gasteiger partial charge in [-0.1, -0.05) is 72.8 Å². The molecule has 5 aromatic rings. The highest BCUT2D eigenvalue weighted by atomic mass is 31.2. The number of methoxy groups -OCH3 is 2. The van der Waals surface area contributed by atoms with Crippen LogP contribution in [-0.2, 0) is 19.6 Å². The Morgan fingerprint density at radius 1 is 0.945 bits per heavy atom. The molecular weight excluding hydrogens is 721 g/mol. The SMILES string of the molecule is COc1ccc(C(OC[C@H]2O[C@@H](n3cc(C)c(NC(=O)c4ccccc4)nc3=O)C[C@@H]2OP(O)NCCC#N)(c2ccccc2)c2ccc(OC)cc2)cc1. The van der Waals surface area contributed by atoms with Crippen LogP contribution in [0.1, 0.15) is 51.7 Å². The van der Waals surface area contributed by atoms with Crippen LogP contribution in [0.2, 0.25) is 0 Å². The first-order valence-electron chi connectivity index (χ1n) is 17.6. The molecule has 14 heteroatoms. The molecule has 1 fully saturated rings. The molecule has 0 radical (unpaired) electrons. The summed E-state index contributed by atoms with van der Waals surface area (Å²) in [6, 6.07) is 35.7. The zero-order valence-corrected chi connectivity index (χ0v) is 31.5. The van der Waals surface area contributed by atoms with Crippen molar-refractivity contribution < 1.29 is 33.2 Å². The standard InChI is InChI=1S/C41H42N5O8P/c1-28-26-46(40(48)45-38(28)44-39(47)29-11-6-4-7-12-29)37-25-35(54-55(49)43-24-10-23-42)36(53-37)27-52-41(30-13-8-5-9-14-30,31-15-19-33(50-2)20-16-31)32-17-21-34(51-3)22-18-32/h4-9,11-22,26,35-37,43,49H,10,24-25,27H2,1-3H3,(H,44,45,47,48)/t35-,36+,37+,55?/m0/s1. The molecule has 0 bridgehead atoms. The van der Waals surface area contributed by atoms with Gasteiger partial charge in [-0.3, -0.25) is 9.36 Å². The normalized spacial score (nSPS) is 17.3. The second kappa shape index (κ2) is 18.3. The molecule has 1 saturated heterocycles. The highest BCUT2D eigenvalue weighted by Gasteiger charge is 2.44. The summed E-state index contributed by atoms with van der Waals surface area (Å²) in [4.78, 5) is 41.4. The van der Waals surface area contributed by atoms with Gasteiger partial charge in [0.05, 0.1) is 33.0 Å². The van der Waals surface area contributed by atoms with E-state index in [1.807, 2.05) is 84.9 Å². The number of benzene rings is 4. The van der Waals surface area contributed by atoms with Crippen LogP contribution in [0.15, 0.2) is 120 Å². The zero-order chi connectivity index (χ0) is 38.8. The van der Waals surface area contributed by atoms with Crippen LogP contribution < -0.4 is 25.6 Å². The fourth-order valence-corrected chi connectivity index (χ4v) is 7.31. The molecule has 1 aliphatic rings. The van der Waals surface area contributed by atoms with Crippen LogP contribution in [0.5, 0.6) is 11.5 Å². The van der Waals surface area contributed by atoms with Crippen molar-refractivity contribution in [1.29, 1.82) is 5.26 Å². The lowest BCUT2D eigenvalue weighted by Gasteiger charge is -2.37. The molecular formula is C41H42N5O8P. The minimum absolute atomic E-state index is 0.0398. The number of aromatic nitrogens is 2. The van der Waals surface area contributed by atoms with E-state index in [1.165, 1.54) is 4.57 Å². The Morgan fingerprint density at radius 3 is 2.11 bits per heavy atom. The Morgan fingerprint density at radius 2 is 1.53 bits per heavy atom. The van der Waals surface area contributed by atoms with Crippen molar-refractivity contribution in [2.75, 3.05) is 32.7 Å². The maximum atomic E-state index is 13.5. The van der Waals surface area contributed by atoms with Crippen molar-refractivity contribution in [2.45, 2.75) is 43.8 Å². The lowest BCUT2D eigenvalue weighted by molar-refractivity contribution is -0.0916. The van der Waals surface area contributed by atoms with Gasteiger partial charge in [-0.05, 0) is 60.0 Å². The molecule has 13 nitrogen and oxygen atoms in total. The topological polar surface area (TPSA) is 166 Å². The van der Waals surface area contributed by atoms with Gasteiger partial charge in [0.2, 0.25) is 0 Å². The van der Waals surface area contributed by atoms with E-state index in [2.05, 4.69) is 15.4 Å². The van der Waals surface area contributed by atoms with Gasteiger partial charge in [-0.2, -0.15) is 10.2 Å². The summed E-state index contributed by atoms with van der Waals surface area (Å²) in [5.41, 5.74) is 1.60. The third-order valence-electron chi connectivity index (χ3n) is 9.25. The number of nitrogens with zero attached hydrogens (tertiary/aromatic N) is 3. The summed E-state index contributed by atoms with van der Waals surface area (Å²) >= 11 is 0. The first kappa shape index (κ1) is 39.2. The van der Waals surface area contributed by atoms with Crippen LogP contribution >= 0.6 is 8.53 Å². The van der Waals surface area contributed by atoms with Gasteiger partial charge in [0, 0.05) is 36.7 Å². The molecule has 55 heavy (non-hydrogen) atoms. The minimum Gasteiger partial charge on any atom is -0.497 e. The fourth-order valence-electron chi connectivity index (χ4n) is 6.46. The van der Waals surface area contributed by atoms with Gasteiger partial charge < -0.3 is 33.7 Å². The van der Waals surface area contributed by atoms with Gasteiger partial charge in [-0.15, -0.1) is 0 Å². The van der Waals surface area contributed by atoms with Gasteiger partial charge in [0.25, 0.3) is 14.4 Å². The van der Waals surface area contributed by atoms with Crippen molar-refractivity contribution in [1.82, 2.24) is 14.6 Å². The Balaban J connectivity index is 1.34. The lowest BCUT2D eigenvalue weighted by atomic mass is 9.80. The molecule has 1 aliphatic heterocycles. The average Bonchev–Trinajstić information content (AvgIpc) is 3.62. The molecule has 1 amide bonds. The minimum atomic E-state index is -2.17. The van der Waals surface area contributed by atoms with E-state index in [1.54, 1.807) is 57.7 Å². The van der Waals surface area contributed by atoms with E-state index >= 15 is 0 Å². The van der Waals surface area contributed by atoms with E-state index in [4.69, 9.17) is 28.7 Å². The predicted molar refractivity (Wildman–Crippen MR) is 207 cm³/mol. The lowest BCUT2D eigenvalue weighted by Crippen LogP contribution is -2.38. The molecule has 0 spiro atoms. The quantitative estimate of drug-likeness (QED) is 0.0593. The second-order valence-electron chi connectivity index (χ2n) is 12.7. The molecule has 6 rings (SSSR count). The number of carbonyl (C=O) groups is 1. The first-order chi connectivity index (χ1) is 26.7. The van der Waals surface area contributed by atoms with Gasteiger partial charge in [0.1, 0.15) is 35.2 Å². The van der Waals surface area contributed by atoms with Gasteiger partial charge in [0.15, 0.2) is 0 Å². The van der Waals surface area contributed by atoms with Crippen molar-refractivity contribution in [2.24, 2.45) is 0 Å². The second-order valence-corrected chi connectivity index (χ2v) is 13.8. The van der Waals surface area contributed by atoms with Crippen molar-refractivity contribution >= 4 is 20.3 Å². The predicted octanol–water partition coefficient (Wildman–Crippen LogP) is 6.23. The number of hydrogen-bond acceptors (Lipinski definition) is 11. The first-order valence-corrected chi connectivity index (χ1v) is 18.8. The smallest absolute Gasteiger partial charge is 0.351 e. The highest BCUT2D eigenvalue weighted by Crippen LogP contribution is 2.44. The molecule has 4 aromatic carbocycles. The summed E-state index contributed by atoms with van der Waals surface area (Å²) < 4.78 is 32.1. The molecule has 284 valence electrons. The van der Waals surface area contributed by atoms with E-state index in [9.17, 15) is 14.5 Å². The molecule has 2 heterocycles. The van der Waals surface area contributed by atoms with Crippen LogP contribution in [0.3, 0.4) is 0 Å². The van der Waals surface area contributed by atoms with E-state index in [-0.39, 0.29) is 31.8 Å². The number of carbonyl (C=O) groups excluding carboxylic acids is 1. The number of hydrogen-bond donors (Lipinski definition) is 3. The van der Waals surface area contributed by atoms with Crippen LogP contribution in [-0.4, -0.2) is 59.9 Å². The van der Waals surface area contributed by atoms with Crippen molar-refractivity contribution in [3.63, 3.8) is 0 Å². The van der Waals surface area contributed by atoms with Gasteiger partial charge in [-0.25, -0.2) is 9.88 Å². The Labute approximate surface area is 320 Å². The van der Waals surface area contributed by atoms with Crippen LogP contribution in [0.4, 0.5) is 5.82 Å². The number of amides is 1. The molecule has 4 atom stereocenters. The van der Waals surface area contributed by atoms with E-state index in [0.29, 0.717) is 22.6 Å². The van der Waals surface area contributed by atoms with Crippen molar-refractivity contribution in [3.05, 3.63) is 154 Å². The average molecular weight is 764 g/mol. The third-order valence-corrected chi connectivity index (χ3v) is 10.2. The third kappa shape index (κ3) is 9.10. The number of anilines is 1. The Kier molecular flexibility index (Phi) is 13.0. The Hall–Kier alpha value is -5.45. The summed E-state index contributed by atoms with van der Waals surface area (Å²) in [5.74, 6) is 1.09. The fraction of sp³-hybridized carbons (Fsp3) is 0.268. The number of nitriles is 1. The number of ether oxygens (including phenoxy) is 4. The number of rotatable bonds is 16. The monoisotopic (exact) mass is 763 g/mol. The Bertz CT molecular complexity index is 2080.